The Morgan fingerprint density at radius 1 is 1.11 bits per heavy atom. The van der Waals surface area contributed by atoms with Gasteiger partial charge in [0, 0.05) is 31.1 Å². The molecule has 5 rings (SSSR count). The summed E-state index contributed by atoms with van der Waals surface area (Å²) in [4.78, 5) is 17.6. The third kappa shape index (κ3) is 7.75. The lowest BCUT2D eigenvalue weighted by Crippen LogP contribution is -2.40. The SMILES string of the molecule is O=C(O[C@@H](Cc1c(Cl)cncc1Cl)c1ccc(OC(F)F)c(OCC2CC2)c1)[C@@H]1SCCN1S(=O)(=O)c1cccc(CO)c1. The van der Waals surface area contributed by atoms with Gasteiger partial charge in [-0.3, -0.25) is 4.98 Å². The number of aliphatic hydroxyl groups is 1. The van der Waals surface area contributed by atoms with Crippen molar-refractivity contribution < 1.29 is 41.3 Å². The predicted octanol–water partition coefficient (Wildman–Crippen LogP) is 5.86. The number of halogens is 4. The van der Waals surface area contributed by atoms with Gasteiger partial charge in [0.05, 0.1) is 28.2 Å². The van der Waals surface area contributed by atoms with E-state index in [2.05, 4.69) is 9.72 Å². The normalized spacial score (nSPS) is 17.9. The van der Waals surface area contributed by atoms with E-state index < -0.39 is 34.1 Å². The third-order valence-electron chi connectivity index (χ3n) is 7.07. The van der Waals surface area contributed by atoms with Crippen molar-refractivity contribution in [3.8, 4) is 11.5 Å². The number of alkyl halides is 2. The monoisotopic (exact) mass is 688 g/mol. The van der Waals surface area contributed by atoms with Crippen LogP contribution >= 0.6 is 35.0 Å². The van der Waals surface area contributed by atoms with E-state index in [1.807, 2.05) is 0 Å². The summed E-state index contributed by atoms with van der Waals surface area (Å²) in [6.07, 6.45) is 3.58. The molecule has 1 aliphatic heterocycles. The summed E-state index contributed by atoms with van der Waals surface area (Å²) in [6.45, 7) is -3.07. The highest BCUT2D eigenvalue weighted by atomic mass is 35.5. The summed E-state index contributed by atoms with van der Waals surface area (Å²) in [7, 11) is -4.13. The average molecular weight is 690 g/mol. The van der Waals surface area contributed by atoms with Gasteiger partial charge in [-0.05, 0) is 59.7 Å². The van der Waals surface area contributed by atoms with Crippen molar-refractivity contribution in [2.75, 3.05) is 18.9 Å². The maximum atomic E-state index is 13.7. The topological polar surface area (TPSA) is 115 Å². The zero-order chi connectivity index (χ0) is 31.4. The Morgan fingerprint density at radius 3 is 2.55 bits per heavy atom. The summed E-state index contributed by atoms with van der Waals surface area (Å²) in [5.74, 6) is -0.320. The lowest BCUT2D eigenvalue weighted by Gasteiger charge is -2.26. The first kappa shape index (κ1) is 32.7. The molecule has 1 N–H and O–H groups in total. The second kappa shape index (κ2) is 14.2. The molecule has 2 aliphatic rings. The number of aromatic nitrogens is 1. The van der Waals surface area contributed by atoms with Gasteiger partial charge in [-0.25, -0.2) is 13.2 Å². The number of hydrogen-bond acceptors (Lipinski definition) is 9. The highest BCUT2D eigenvalue weighted by Crippen LogP contribution is 2.39. The van der Waals surface area contributed by atoms with Crippen LogP contribution in [0.1, 0.15) is 35.6 Å². The molecular weight excluding hydrogens is 661 g/mol. The molecule has 3 aromatic rings. The molecule has 2 atom stereocenters. The molecule has 236 valence electrons. The number of benzene rings is 2. The predicted molar refractivity (Wildman–Crippen MR) is 161 cm³/mol. The van der Waals surface area contributed by atoms with Crippen LogP contribution in [0.15, 0.2) is 59.8 Å². The standard InChI is InChI=1S/C29H28Cl2F2N2O7S2/c30-22-13-34-14-23(31)21(22)12-25(19-6-7-24(42-29(32)33)26(11-19)40-16-17-4-5-17)41-28(37)27-35(8-9-43-27)44(38,39)20-3-1-2-18(10-20)15-36/h1-3,6-7,10-11,13-14,17,25,27,29,36H,4-5,8-9,12,15-16H2/t25-,27-/m0/s1. The van der Waals surface area contributed by atoms with Crippen molar-refractivity contribution in [1.29, 1.82) is 0 Å². The van der Waals surface area contributed by atoms with Crippen molar-refractivity contribution >= 4 is 51.0 Å². The maximum absolute atomic E-state index is 13.7. The number of sulfonamides is 1. The highest BCUT2D eigenvalue weighted by Gasteiger charge is 2.42. The van der Waals surface area contributed by atoms with Gasteiger partial charge in [0.25, 0.3) is 0 Å². The molecule has 1 saturated carbocycles. The first-order chi connectivity index (χ1) is 21.1. The number of carbonyl (C=O) groups excluding carboxylic acids is 1. The van der Waals surface area contributed by atoms with Crippen LogP contribution in [-0.4, -0.2) is 59.7 Å². The van der Waals surface area contributed by atoms with Crippen LogP contribution in [0.5, 0.6) is 11.5 Å². The fraction of sp³-hybridized carbons (Fsp3) is 0.379. The van der Waals surface area contributed by atoms with Gasteiger partial charge in [-0.2, -0.15) is 13.1 Å². The van der Waals surface area contributed by atoms with Crippen molar-refractivity contribution in [1.82, 2.24) is 9.29 Å². The smallest absolute Gasteiger partial charge is 0.387 e. The van der Waals surface area contributed by atoms with Crippen LogP contribution in [0.25, 0.3) is 0 Å². The van der Waals surface area contributed by atoms with Crippen LogP contribution < -0.4 is 9.47 Å². The van der Waals surface area contributed by atoms with Gasteiger partial charge in [0.1, 0.15) is 6.10 Å². The number of nitrogens with zero attached hydrogens (tertiary/aromatic N) is 2. The Kier molecular flexibility index (Phi) is 10.5. The third-order valence-corrected chi connectivity index (χ3v) is 10.9. The Morgan fingerprint density at radius 2 is 1.86 bits per heavy atom. The molecule has 0 amide bonds. The fourth-order valence-electron chi connectivity index (χ4n) is 4.59. The quantitative estimate of drug-likeness (QED) is 0.221. The van der Waals surface area contributed by atoms with E-state index in [1.165, 1.54) is 48.8 Å². The zero-order valence-electron chi connectivity index (χ0n) is 23.1. The van der Waals surface area contributed by atoms with E-state index in [0.717, 1.165) is 28.9 Å². The molecule has 44 heavy (non-hydrogen) atoms. The van der Waals surface area contributed by atoms with Crippen LogP contribution in [0.2, 0.25) is 10.0 Å². The number of pyridine rings is 1. The molecule has 2 fully saturated rings. The second-order valence-electron chi connectivity index (χ2n) is 10.2. The largest absolute Gasteiger partial charge is 0.489 e. The van der Waals surface area contributed by atoms with Crippen LogP contribution in [0, 0.1) is 5.92 Å². The molecule has 1 saturated heterocycles. The van der Waals surface area contributed by atoms with Gasteiger partial charge < -0.3 is 19.3 Å². The summed E-state index contributed by atoms with van der Waals surface area (Å²) >= 11 is 13.9. The summed E-state index contributed by atoms with van der Waals surface area (Å²) < 4.78 is 70.9. The first-order valence-corrected chi connectivity index (χ1v) is 16.8. The maximum Gasteiger partial charge on any atom is 0.387 e. The molecule has 1 aromatic heterocycles. The van der Waals surface area contributed by atoms with Crippen molar-refractivity contribution in [3.63, 3.8) is 0 Å². The lowest BCUT2D eigenvalue weighted by molar-refractivity contribution is -0.150. The molecule has 1 aliphatic carbocycles. The number of ether oxygens (including phenoxy) is 3. The Hall–Kier alpha value is -2.68. The molecule has 2 heterocycles. The fourth-order valence-corrected chi connectivity index (χ4v) is 8.23. The second-order valence-corrected chi connectivity index (χ2v) is 14.1. The van der Waals surface area contributed by atoms with Crippen molar-refractivity contribution in [2.45, 2.75) is 48.9 Å². The van der Waals surface area contributed by atoms with Gasteiger partial charge in [0.15, 0.2) is 16.9 Å². The number of carbonyl (C=O) groups is 1. The number of rotatable bonds is 13. The Bertz CT molecular complexity index is 1590. The minimum Gasteiger partial charge on any atom is -0.489 e. The minimum absolute atomic E-state index is 0.0360. The van der Waals surface area contributed by atoms with Gasteiger partial charge in [-0.15, -0.1) is 11.8 Å². The van der Waals surface area contributed by atoms with Gasteiger partial charge in [0.2, 0.25) is 10.0 Å². The molecule has 15 heteroatoms. The van der Waals surface area contributed by atoms with E-state index in [1.54, 1.807) is 6.07 Å². The first-order valence-electron chi connectivity index (χ1n) is 13.6. The van der Waals surface area contributed by atoms with Crippen LogP contribution in [0.3, 0.4) is 0 Å². The van der Waals surface area contributed by atoms with Crippen LogP contribution in [0.4, 0.5) is 8.78 Å². The van der Waals surface area contributed by atoms with E-state index in [-0.39, 0.29) is 46.0 Å². The molecule has 0 spiro atoms. The molecule has 9 nitrogen and oxygen atoms in total. The Balaban J connectivity index is 1.46. The number of hydrogen-bond donors (Lipinski definition) is 1. The van der Waals surface area contributed by atoms with Crippen molar-refractivity contribution in [3.05, 3.63) is 81.6 Å². The van der Waals surface area contributed by atoms with E-state index >= 15 is 0 Å². The van der Waals surface area contributed by atoms with Crippen LogP contribution in [-0.2, 0) is 32.6 Å². The molecule has 0 unspecified atom stereocenters. The zero-order valence-corrected chi connectivity index (χ0v) is 26.2. The average Bonchev–Trinajstić information content (AvgIpc) is 3.69. The van der Waals surface area contributed by atoms with Gasteiger partial charge in [-0.1, -0.05) is 41.4 Å². The van der Waals surface area contributed by atoms with E-state index in [9.17, 15) is 27.1 Å². The number of esters is 1. The summed E-state index contributed by atoms with van der Waals surface area (Å²) in [6, 6.07) is 10.1. The van der Waals surface area contributed by atoms with Gasteiger partial charge >= 0.3 is 12.6 Å². The van der Waals surface area contributed by atoms with E-state index in [0.29, 0.717) is 35.0 Å². The number of thioether (sulfide) groups is 1. The minimum atomic E-state index is -4.13. The summed E-state index contributed by atoms with van der Waals surface area (Å²) in [5, 5.41) is 8.69. The number of aliphatic hydroxyl groups excluding tert-OH is 1. The van der Waals surface area contributed by atoms with Crippen molar-refractivity contribution in [2.24, 2.45) is 5.92 Å². The Labute approximate surface area is 267 Å². The molecular formula is C29H28Cl2F2N2O7S2. The summed E-state index contributed by atoms with van der Waals surface area (Å²) in [5.41, 5.74) is 1.18. The van der Waals surface area contributed by atoms with E-state index in [4.69, 9.17) is 32.7 Å². The molecule has 2 aromatic carbocycles. The lowest BCUT2D eigenvalue weighted by atomic mass is 10.0. The molecule has 0 bridgehead atoms. The molecule has 0 radical (unpaired) electrons. The highest BCUT2D eigenvalue weighted by molar-refractivity contribution is 8.02.